The molecule has 0 spiro atoms. The monoisotopic (exact) mass is 263 g/mol. The minimum atomic E-state index is 0.567. The summed E-state index contributed by atoms with van der Waals surface area (Å²) in [6, 6.07) is 13.8. The predicted molar refractivity (Wildman–Crippen MR) is 77.3 cm³/mol. The smallest absolute Gasteiger partial charge is 0.123 e. The Balaban J connectivity index is 2.11. The molecule has 0 aliphatic rings. The average molecular weight is 263 g/mol. The van der Waals surface area contributed by atoms with Crippen molar-refractivity contribution in [2.45, 2.75) is 6.54 Å². The van der Waals surface area contributed by atoms with Gasteiger partial charge in [-0.1, -0.05) is 18.2 Å². The SMILES string of the molecule is CN(Cc1ccco1)c1c(C#N)cnc2ccccc12. The number of fused-ring (bicyclic) bond motifs is 1. The second-order valence-corrected chi connectivity index (χ2v) is 4.58. The van der Waals surface area contributed by atoms with Gasteiger partial charge in [0.1, 0.15) is 11.8 Å². The Morgan fingerprint density at radius 3 is 2.85 bits per heavy atom. The summed E-state index contributed by atoms with van der Waals surface area (Å²) in [5.74, 6) is 0.859. The Kier molecular flexibility index (Phi) is 3.10. The first-order valence-electron chi connectivity index (χ1n) is 6.31. The second-order valence-electron chi connectivity index (χ2n) is 4.58. The minimum Gasteiger partial charge on any atom is -0.467 e. The molecule has 0 N–H and O–H groups in total. The predicted octanol–water partition coefficient (Wildman–Crippen LogP) is 3.34. The van der Waals surface area contributed by atoms with E-state index in [0.29, 0.717) is 12.1 Å². The van der Waals surface area contributed by atoms with Gasteiger partial charge >= 0.3 is 0 Å². The van der Waals surface area contributed by atoms with Crippen molar-refractivity contribution in [1.82, 2.24) is 4.98 Å². The van der Waals surface area contributed by atoms with Crippen molar-refractivity contribution in [1.29, 1.82) is 5.26 Å². The van der Waals surface area contributed by atoms with Crippen LogP contribution >= 0.6 is 0 Å². The Morgan fingerprint density at radius 2 is 2.10 bits per heavy atom. The molecule has 0 saturated heterocycles. The molecule has 1 aromatic carbocycles. The van der Waals surface area contributed by atoms with E-state index in [-0.39, 0.29) is 0 Å². The highest BCUT2D eigenvalue weighted by atomic mass is 16.3. The summed E-state index contributed by atoms with van der Waals surface area (Å²) in [6.45, 7) is 0.607. The van der Waals surface area contributed by atoms with Gasteiger partial charge in [0.25, 0.3) is 0 Å². The summed E-state index contributed by atoms with van der Waals surface area (Å²) in [4.78, 5) is 6.33. The first kappa shape index (κ1) is 12.2. The van der Waals surface area contributed by atoms with E-state index in [9.17, 15) is 5.26 Å². The lowest BCUT2D eigenvalue weighted by Gasteiger charge is -2.21. The molecular weight excluding hydrogens is 250 g/mol. The Morgan fingerprint density at radius 1 is 1.25 bits per heavy atom. The lowest BCUT2D eigenvalue weighted by Crippen LogP contribution is -2.17. The van der Waals surface area contributed by atoms with E-state index in [0.717, 1.165) is 22.4 Å². The van der Waals surface area contributed by atoms with E-state index < -0.39 is 0 Å². The topological polar surface area (TPSA) is 53.1 Å². The quantitative estimate of drug-likeness (QED) is 0.727. The first-order chi connectivity index (χ1) is 9.79. The van der Waals surface area contributed by atoms with Gasteiger partial charge in [-0.15, -0.1) is 0 Å². The second kappa shape index (κ2) is 5.06. The van der Waals surface area contributed by atoms with Crippen LogP contribution in [0.2, 0.25) is 0 Å². The van der Waals surface area contributed by atoms with Crippen LogP contribution < -0.4 is 4.90 Å². The molecule has 0 atom stereocenters. The molecule has 0 aliphatic heterocycles. The van der Waals surface area contributed by atoms with E-state index in [2.05, 4.69) is 11.1 Å². The van der Waals surface area contributed by atoms with Gasteiger partial charge in [-0.25, -0.2) is 0 Å². The number of anilines is 1. The molecule has 2 heterocycles. The standard InChI is InChI=1S/C16H13N3O/c1-19(11-13-5-4-8-20-13)16-12(9-17)10-18-15-7-3-2-6-14(15)16/h2-8,10H,11H2,1H3. The van der Waals surface area contributed by atoms with Crippen LogP contribution in [0.5, 0.6) is 0 Å². The fraction of sp³-hybridized carbons (Fsp3) is 0.125. The van der Waals surface area contributed by atoms with Crippen molar-refractivity contribution in [2.24, 2.45) is 0 Å². The van der Waals surface area contributed by atoms with Crippen LogP contribution in [0.1, 0.15) is 11.3 Å². The van der Waals surface area contributed by atoms with Crippen LogP contribution in [-0.2, 0) is 6.54 Å². The number of para-hydroxylation sites is 1. The van der Waals surface area contributed by atoms with Gasteiger partial charge in [-0.3, -0.25) is 4.98 Å². The molecule has 20 heavy (non-hydrogen) atoms. The van der Waals surface area contributed by atoms with Crippen molar-refractivity contribution in [3.05, 3.63) is 60.2 Å². The van der Waals surface area contributed by atoms with E-state index >= 15 is 0 Å². The first-order valence-corrected chi connectivity index (χ1v) is 6.31. The molecule has 3 aromatic rings. The van der Waals surface area contributed by atoms with Crippen LogP contribution in [0.25, 0.3) is 10.9 Å². The van der Waals surface area contributed by atoms with E-state index in [1.54, 1.807) is 12.5 Å². The number of hydrogen-bond donors (Lipinski definition) is 0. The summed E-state index contributed by atoms with van der Waals surface area (Å²) in [5, 5.41) is 10.3. The summed E-state index contributed by atoms with van der Waals surface area (Å²) in [7, 11) is 1.95. The third-order valence-electron chi connectivity index (χ3n) is 3.22. The van der Waals surface area contributed by atoms with E-state index in [1.807, 2.05) is 48.3 Å². The fourth-order valence-electron chi connectivity index (χ4n) is 2.34. The maximum atomic E-state index is 9.31. The molecule has 98 valence electrons. The minimum absolute atomic E-state index is 0.567. The highest BCUT2D eigenvalue weighted by Gasteiger charge is 2.13. The molecule has 2 aromatic heterocycles. The molecule has 0 aliphatic carbocycles. The maximum Gasteiger partial charge on any atom is 0.123 e. The van der Waals surface area contributed by atoms with Crippen LogP contribution in [-0.4, -0.2) is 12.0 Å². The molecule has 3 rings (SSSR count). The number of hydrogen-bond acceptors (Lipinski definition) is 4. The average Bonchev–Trinajstić information content (AvgIpc) is 2.98. The summed E-state index contributed by atoms with van der Waals surface area (Å²) in [6.07, 6.45) is 3.27. The van der Waals surface area contributed by atoms with Crippen LogP contribution in [0, 0.1) is 11.3 Å². The lowest BCUT2D eigenvalue weighted by molar-refractivity contribution is 0.507. The zero-order valence-corrected chi connectivity index (χ0v) is 11.1. The number of rotatable bonds is 3. The Labute approximate surface area is 116 Å². The lowest BCUT2D eigenvalue weighted by atomic mass is 10.1. The van der Waals surface area contributed by atoms with Gasteiger partial charge in [0.2, 0.25) is 0 Å². The van der Waals surface area contributed by atoms with E-state index in [4.69, 9.17) is 4.42 Å². The van der Waals surface area contributed by atoms with Gasteiger partial charge < -0.3 is 9.32 Å². The van der Waals surface area contributed by atoms with Crippen molar-refractivity contribution in [3.8, 4) is 6.07 Å². The van der Waals surface area contributed by atoms with Crippen LogP contribution in [0.3, 0.4) is 0 Å². The number of furan rings is 1. The summed E-state index contributed by atoms with van der Waals surface area (Å²) < 4.78 is 5.37. The van der Waals surface area contributed by atoms with Gasteiger partial charge in [0.05, 0.1) is 29.6 Å². The third-order valence-corrected chi connectivity index (χ3v) is 3.22. The molecule has 0 bridgehead atoms. The molecule has 4 nitrogen and oxygen atoms in total. The van der Waals surface area contributed by atoms with Crippen LogP contribution in [0.4, 0.5) is 5.69 Å². The van der Waals surface area contributed by atoms with Crippen molar-refractivity contribution < 1.29 is 4.42 Å². The van der Waals surface area contributed by atoms with Crippen LogP contribution in [0.15, 0.2) is 53.3 Å². The highest BCUT2D eigenvalue weighted by molar-refractivity contribution is 5.94. The summed E-state index contributed by atoms with van der Waals surface area (Å²) >= 11 is 0. The molecule has 0 amide bonds. The number of aromatic nitrogens is 1. The number of benzene rings is 1. The number of pyridine rings is 1. The molecule has 4 heteroatoms. The van der Waals surface area contributed by atoms with Gasteiger partial charge in [-0.05, 0) is 18.2 Å². The number of nitriles is 1. The Bertz CT molecular complexity index is 772. The van der Waals surface area contributed by atoms with Gasteiger partial charge in [0, 0.05) is 18.6 Å². The molecule has 0 saturated carbocycles. The number of nitrogens with zero attached hydrogens (tertiary/aromatic N) is 3. The summed E-state index contributed by atoms with van der Waals surface area (Å²) in [5.41, 5.74) is 2.33. The molecular formula is C16H13N3O. The molecule has 0 fully saturated rings. The van der Waals surface area contributed by atoms with E-state index in [1.165, 1.54) is 0 Å². The van der Waals surface area contributed by atoms with Gasteiger partial charge in [-0.2, -0.15) is 5.26 Å². The molecule has 0 unspecified atom stereocenters. The van der Waals surface area contributed by atoms with Gasteiger partial charge in [0.15, 0.2) is 0 Å². The van der Waals surface area contributed by atoms with Crippen molar-refractivity contribution >= 4 is 16.6 Å². The van der Waals surface area contributed by atoms with Crippen molar-refractivity contribution in [3.63, 3.8) is 0 Å². The maximum absolute atomic E-state index is 9.31. The fourth-order valence-corrected chi connectivity index (χ4v) is 2.34. The van der Waals surface area contributed by atoms with Crippen molar-refractivity contribution in [2.75, 3.05) is 11.9 Å². The highest BCUT2D eigenvalue weighted by Crippen LogP contribution is 2.29. The molecule has 0 radical (unpaired) electrons. The Hall–Kier alpha value is -2.80. The normalized spacial score (nSPS) is 10.4. The third kappa shape index (κ3) is 2.10. The zero-order valence-electron chi connectivity index (χ0n) is 11.1. The largest absolute Gasteiger partial charge is 0.467 e. The zero-order chi connectivity index (χ0) is 13.9.